The summed E-state index contributed by atoms with van der Waals surface area (Å²) >= 11 is 3.43. The summed E-state index contributed by atoms with van der Waals surface area (Å²) in [6.07, 6.45) is 5.90. The highest BCUT2D eigenvalue weighted by molar-refractivity contribution is 9.10. The monoisotopic (exact) mass is 460 g/mol. The van der Waals surface area contributed by atoms with Crippen molar-refractivity contribution < 1.29 is 9.53 Å². The number of piperidine rings is 1. The van der Waals surface area contributed by atoms with E-state index >= 15 is 0 Å². The number of aromatic nitrogens is 2. The molecule has 2 aliphatic rings. The molecule has 2 aliphatic heterocycles. The number of pyridine rings is 1. The quantitative estimate of drug-likeness (QED) is 0.758. The average molecular weight is 461 g/mol. The smallest absolute Gasteiger partial charge is 0.255 e. The highest BCUT2D eigenvalue weighted by Crippen LogP contribution is 2.29. The van der Waals surface area contributed by atoms with Crippen LogP contribution in [0.5, 0.6) is 0 Å². The first-order valence-electron chi connectivity index (χ1n) is 10.4. The number of rotatable bonds is 3. The van der Waals surface area contributed by atoms with Crippen LogP contribution in [0.3, 0.4) is 0 Å². The molecule has 2 aromatic rings. The number of nitrogens with two attached hydrogens (primary N) is 1. The van der Waals surface area contributed by atoms with Gasteiger partial charge < -0.3 is 19.9 Å². The fourth-order valence-electron chi connectivity index (χ4n) is 4.68. The Morgan fingerprint density at radius 1 is 1.31 bits per heavy atom. The van der Waals surface area contributed by atoms with Gasteiger partial charge in [-0.1, -0.05) is 0 Å². The van der Waals surface area contributed by atoms with Gasteiger partial charge in [0.15, 0.2) is 0 Å². The van der Waals surface area contributed by atoms with Gasteiger partial charge in [0.05, 0.1) is 11.7 Å². The molecule has 1 amide bonds. The maximum absolute atomic E-state index is 13.4. The van der Waals surface area contributed by atoms with Crippen LogP contribution in [0.25, 0.3) is 5.82 Å². The summed E-state index contributed by atoms with van der Waals surface area (Å²) in [5.41, 5.74) is 8.85. The van der Waals surface area contributed by atoms with Crippen LogP contribution in [0, 0.1) is 19.8 Å². The number of ether oxygens (including phenoxy) is 1. The SMILES string of the molecule is Cc1cc(C(=O)N2CCCC(C3CC(N)CCO3)C2)c(C)n1-c1ccc(Br)cn1. The predicted molar refractivity (Wildman–Crippen MR) is 116 cm³/mol. The summed E-state index contributed by atoms with van der Waals surface area (Å²) < 4.78 is 8.98. The molecule has 0 radical (unpaired) electrons. The third kappa shape index (κ3) is 4.27. The first-order valence-corrected chi connectivity index (χ1v) is 11.2. The first kappa shape index (κ1) is 20.6. The zero-order valence-corrected chi connectivity index (χ0v) is 18.7. The Kier molecular flexibility index (Phi) is 6.08. The van der Waals surface area contributed by atoms with Gasteiger partial charge in [-0.25, -0.2) is 4.98 Å². The second-order valence-corrected chi connectivity index (χ2v) is 9.22. The zero-order chi connectivity index (χ0) is 20.5. The van der Waals surface area contributed by atoms with Crippen molar-refractivity contribution in [3.8, 4) is 5.82 Å². The van der Waals surface area contributed by atoms with Gasteiger partial charge in [0.2, 0.25) is 0 Å². The van der Waals surface area contributed by atoms with E-state index in [4.69, 9.17) is 10.5 Å². The van der Waals surface area contributed by atoms with Crippen LogP contribution in [0.4, 0.5) is 0 Å². The van der Waals surface area contributed by atoms with Crippen LogP contribution in [0.1, 0.15) is 47.4 Å². The highest BCUT2D eigenvalue weighted by atomic mass is 79.9. The molecule has 4 rings (SSSR count). The van der Waals surface area contributed by atoms with Crippen molar-refractivity contribution in [2.24, 2.45) is 11.7 Å². The summed E-state index contributed by atoms with van der Waals surface area (Å²) in [4.78, 5) is 19.9. The van der Waals surface area contributed by atoms with E-state index in [1.165, 1.54) is 0 Å². The van der Waals surface area contributed by atoms with Crippen LogP contribution >= 0.6 is 15.9 Å². The molecule has 0 aromatic carbocycles. The Hall–Kier alpha value is -1.70. The summed E-state index contributed by atoms with van der Waals surface area (Å²) in [5.74, 6) is 1.30. The van der Waals surface area contributed by atoms with Gasteiger partial charge in [-0.3, -0.25) is 4.79 Å². The average Bonchev–Trinajstić information content (AvgIpc) is 3.02. The van der Waals surface area contributed by atoms with Gasteiger partial charge in [-0.15, -0.1) is 0 Å². The summed E-state index contributed by atoms with van der Waals surface area (Å²) in [5, 5.41) is 0. The van der Waals surface area contributed by atoms with Crippen molar-refractivity contribution in [2.75, 3.05) is 19.7 Å². The fraction of sp³-hybridized carbons (Fsp3) is 0.545. The van der Waals surface area contributed by atoms with E-state index in [1.807, 2.05) is 41.5 Å². The van der Waals surface area contributed by atoms with E-state index in [2.05, 4.69) is 20.9 Å². The van der Waals surface area contributed by atoms with Crippen LogP contribution in [0.15, 0.2) is 28.9 Å². The zero-order valence-electron chi connectivity index (χ0n) is 17.1. The molecule has 2 aromatic heterocycles. The van der Waals surface area contributed by atoms with E-state index in [1.54, 1.807) is 6.20 Å². The number of nitrogens with zero attached hydrogens (tertiary/aromatic N) is 3. The van der Waals surface area contributed by atoms with Crippen LogP contribution in [-0.4, -0.2) is 52.2 Å². The van der Waals surface area contributed by atoms with Crippen LogP contribution in [-0.2, 0) is 4.74 Å². The Bertz CT molecular complexity index is 880. The normalized spacial score (nSPS) is 25.2. The lowest BCUT2D eigenvalue weighted by molar-refractivity contribution is -0.0439. The molecule has 3 atom stereocenters. The molecule has 0 bridgehead atoms. The molecular formula is C22H29BrN4O2. The maximum Gasteiger partial charge on any atom is 0.255 e. The molecule has 2 fully saturated rings. The lowest BCUT2D eigenvalue weighted by Crippen LogP contribution is -2.47. The molecule has 0 saturated carbocycles. The highest BCUT2D eigenvalue weighted by Gasteiger charge is 2.34. The minimum atomic E-state index is 0.103. The maximum atomic E-state index is 13.4. The molecule has 29 heavy (non-hydrogen) atoms. The molecular weight excluding hydrogens is 432 g/mol. The van der Waals surface area contributed by atoms with Crippen molar-refractivity contribution >= 4 is 21.8 Å². The second kappa shape index (κ2) is 8.58. The summed E-state index contributed by atoms with van der Waals surface area (Å²) in [6, 6.07) is 6.13. The van der Waals surface area contributed by atoms with Crippen molar-refractivity contribution in [2.45, 2.75) is 51.7 Å². The molecule has 6 nitrogen and oxygen atoms in total. The molecule has 156 valence electrons. The topological polar surface area (TPSA) is 73.4 Å². The molecule has 0 aliphatic carbocycles. The van der Waals surface area contributed by atoms with E-state index in [0.29, 0.717) is 5.92 Å². The van der Waals surface area contributed by atoms with Crippen LogP contribution < -0.4 is 5.73 Å². The number of carbonyl (C=O) groups is 1. The number of carbonyl (C=O) groups excluding carboxylic acids is 1. The number of hydrogen-bond donors (Lipinski definition) is 1. The van der Waals surface area contributed by atoms with E-state index in [-0.39, 0.29) is 18.1 Å². The van der Waals surface area contributed by atoms with Gasteiger partial charge in [0.1, 0.15) is 5.82 Å². The molecule has 2 N–H and O–H groups in total. The predicted octanol–water partition coefficient (Wildman–Crippen LogP) is 3.61. The minimum absolute atomic E-state index is 0.103. The molecule has 7 heteroatoms. The Balaban J connectivity index is 1.53. The third-order valence-electron chi connectivity index (χ3n) is 6.23. The van der Waals surface area contributed by atoms with Gasteiger partial charge in [0, 0.05) is 53.7 Å². The van der Waals surface area contributed by atoms with Crippen molar-refractivity contribution in [1.29, 1.82) is 0 Å². The van der Waals surface area contributed by atoms with E-state index in [9.17, 15) is 4.79 Å². The van der Waals surface area contributed by atoms with Gasteiger partial charge in [0.25, 0.3) is 5.91 Å². The van der Waals surface area contributed by atoms with Gasteiger partial charge in [-0.05, 0) is 73.7 Å². The van der Waals surface area contributed by atoms with E-state index < -0.39 is 0 Å². The number of halogens is 1. The molecule has 0 spiro atoms. The van der Waals surface area contributed by atoms with Crippen molar-refractivity contribution in [1.82, 2.24) is 14.5 Å². The number of likely N-dealkylation sites (tertiary alicyclic amines) is 1. The fourth-order valence-corrected chi connectivity index (χ4v) is 4.92. The molecule has 3 unspecified atom stereocenters. The van der Waals surface area contributed by atoms with Gasteiger partial charge in [-0.2, -0.15) is 0 Å². The largest absolute Gasteiger partial charge is 0.378 e. The summed E-state index contributed by atoms with van der Waals surface area (Å²) in [6.45, 7) is 6.29. The van der Waals surface area contributed by atoms with Gasteiger partial charge >= 0.3 is 0 Å². The number of hydrogen-bond acceptors (Lipinski definition) is 4. The lowest BCUT2D eigenvalue weighted by Gasteiger charge is -2.39. The minimum Gasteiger partial charge on any atom is -0.378 e. The van der Waals surface area contributed by atoms with E-state index in [0.717, 1.165) is 72.6 Å². The third-order valence-corrected chi connectivity index (χ3v) is 6.70. The standard InChI is InChI=1S/C22H29BrN4O2/c1-14-10-19(15(2)27(14)21-6-5-17(23)12-25-21)22(28)26-8-3-4-16(13-26)20-11-18(24)7-9-29-20/h5-6,10,12,16,18,20H,3-4,7-9,11,13,24H2,1-2H3. The lowest BCUT2D eigenvalue weighted by atomic mass is 9.87. The first-order chi connectivity index (χ1) is 13.9. The Morgan fingerprint density at radius 3 is 2.86 bits per heavy atom. The van der Waals surface area contributed by atoms with Crippen molar-refractivity contribution in [3.05, 3.63) is 45.8 Å². The number of amides is 1. The Labute approximate surface area is 180 Å². The molecule has 4 heterocycles. The van der Waals surface area contributed by atoms with Crippen molar-refractivity contribution in [3.63, 3.8) is 0 Å². The molecule has 2 saturated heterocycles. The Morgan fingerprint density at radius 2 is 2.14 bits per heavy atom. The number of aryl methyl sites for hydroxylation is 1. The second-order valence-electron chi connectivity index (χ2n) is 8.30. The summed E-state index contributed by atoms with van der Waals surface area (Å²) in [7, 11) is 0. The van der Waals surface area contributed by atoms with Crippen LogP contribution in [0.2, 0.25) is 0 Å².